The maximum Gasteiger partial charge on any atom is 0.308 e. The molecule has 15 heavy (non-hydrogen) atoms. The summed E-state index contributed by atoms with van der Waals surface area (Å²) in [7, 11) is 0. The van der Waals surface area contributed by atoms with Gasteiger partial charge in [0.15, 0.2) is 0 Å². The number of anilines is 1. The lowest BCUT2D eigenvalue weighted by Crippen LogP contribution is -2.32. The van der Waals surface area contributed by atoms with Crippen molar-refractivity contribution in [3.63, 3.8) is 0 Å². The lowest BCUT2D eigenvalue weighted by atomic mass is 10.0. The van der Waals surface area contributed by atoms with Gasteiger partial charge in [0, 0.05) is 18.3 Å². The number of para-hydroxylation sites is 1. The second kappa shape index (κ2) is 3.93. The van der Waals surface area contributed by atoms with Crippen LogP contribution in [0.15, 0.2) is 30.3 Å². The Morgan fingerprint density at radius 1 is 1.40 bits per heavy atom. The average Bonchev–Trinajstić information content (AvgIpc) is 2.61. The summed E-state index contributed by atoms with van der Waals surface area (Å²) in [5.74, 6) is -0.911. The zero-order valence-electron chi connectivity index (χ0n) is 8.76. The van der Waals surface area contributed by atoms with Crippen LogP contribution >= 0.6 is 0 Å². The van der Waals surface area contributed by atoms with E-state index in [2.05, 4.69) is 4.90 Å². The highest BCUT2D eigenvalue weighted by Crippen LogP contribution is 2.29. The van der Waals surface area contributed by atoms with Crippen LogP contribution in [0.2, 0.25) is 0 Å². The van der Waals surface area contributed by atoms with E-state index in [-0.39, 0.29) is 12.0 Å². The quantitative estimate of drug-likeness (QED) is 0.802. The van der Waals surface area contributed by atoms with Crippen molar-refractivity contribution in [3.05, 3.63) is 30.3 Å². The molecule has 3 heteroatoms. The Kier molecular flexibility index (Phi) is 2.62. The molecule has 1 heterocycles. The summed E-state index contributed by atoms with van der Waals surface area (Å²) in [6.07, 6.45) is 0.741. The molecule has 0 aromatic heterocycles. The number of rotatable bonds is 2. The number of carboxylic acid groups (broad SMARTS) is 1. The van der Waals surface area contributed by atoms with Crippen LogP contribution in [0.5, 0.6) is 0 Å². The van der Waals surface area contributed by atoms with E-state index >= 15 is 0 Å². The highest BCUT2D eigenvalue weighted by atomic mass is 16.4. The second-order valence-corrected chi connectivity index (χ2v) is 4.00. The normalized spacial score (nSPS) is 25.5. The Balaban J connectivity index is 2.17. The van der Waals surface area contributed by atoms with Crippen molar-refractivity contribution in [1.29, 1.82) is 0 Å². The Morgan fingerprint density at radius 2 is 2.07 bits per heavy atom. The Morgan fingerprint density at radius 3 is 2.60 bits per heavy atom. The lowest BCUT2D eigenvalue weighted by Gasteiger charge is -2.25. The van der Waals surface area contributed by atoms with Crippen LogP contribution in [-0.4, -0.2) is 23.7 Å². The maximum atomic E-state index is 11.0. The molecule has 1 aromatic carbocycles. The molecule has 0 saturated carbocycles. The van der Waals surface area contributed by atoms with Crippen LogP contribution in [0.4, 0.5) is 5.69 Å². The Labute approximate surface area is 89.3 Å². The molecule has 1 aromatic rings. The zero-order valence-corrected chi connectivity index (χ0v) is 8.76. The van der Waals surface area contributed by atoms with Crippen molar-refractivity contribution in [2.45, 2.75) is 19.4 Å². The van der Waals surface area contributed by atoms with Gasteiger partial charge >= 0.3 is 5.97 Å². The van der Waals surface area contributed by atoms with Crippen LogP contribution in [0.1, 0.15) is 13.3 Å². The summed E-state index contributed by atoms with van der Waals surface area (Å²) in [5.41, 5.74) is 1.12. The summed E-state index contributed by atoms with van der Waals surface area (Å²) in [6, 6.07) is 10.1. The summed E-state index contributed by atoms with van der Waals surface area (Å²) >= 11 is 0. The molecule has 1 saturated heterocycles. The Bertz CT molecular complexity index is 350. The van der Waals surface area contributed by atoms with Gasteiger partial charge in [0.2, 0.25) is 0 Å². The molecule has 80 valence electrons. The third-order valence-electron chi connectivity index (χ3n) is 3.16. The minimum Gasteiger partial charge on any atom is -0.481 e. The van der Waals surface area contributed by atoms with Crippen LogP contribution < -0.4 is 4.90 Å². The first kappa shape index (κ1) is 10.0. The predicted molar refractivity (Wildman–Crippen MR) is 59.0 cm³/mol. The van der Waals surface area contributed by atoms with Gasteiger partial charge in [-0.1, -0.05) is 18.2 Å². The van der Waals surface area contributed by atoms with Gasteiger partial charge in [-0.3, -0.25) is 4.79 Å². The fourth-order valence-electron chi connectivity index (χ4n) is 2.25. The number of hydrogen-bond donors (Lipinski definition) is 1. The number of carboxylic acids is 1. The molecule has 0 bridgehead atoms. The predicted octanol–water partition coefficient (Wildman–Crippen LogP) is 1.99. The van der Waals surface area contributed by atoms with E-state index < -0.39 is 5.97 Å². The standard InChI is InChI=1S/C12H15NO2/c1-9-11(12(14)15)7-8-13(9)10-5-3-2-4-6-10/h2-6,9,11H,7-8H2,1H3,(H,14,15). The van der Waals surface area contributed by atoms with Gasteiger partial charge in [0.05, 0.1) is 5.92 Å². The first-order chi connectivity index (χ1) is 7.20. The third-order valence-corrected chi connectivity index (χ3v) is 3.16. The van der Waals surface area contributed by atoms with Crippen molar-refractivity contribution in [1.82, 2.24) is 0 Å². The lowest BCUT2D eigenvalue weighted by molar-refractivity contribution is -0.141. The van der Waals surface area contributed by atoms with E-state index in [0.29, 0.717) is 0 Å². The monoisotopic (exact) mass is 205 g/mol. The van der Waals surface area contributed by atoms with Crippen LogP contribution in [0.3, 0.4) is 0 Å². The van der Waals surface area contributed by atoms with Crippen molar-refractivity contribution in [2.75, 3.05) is 11.4 Å². The molecule has 0 aliphatic carbocycles. The second-order valence-electron chi connectivity index (χ2n) is 4.00. The van der Waals surface area contributed by atoms with Crippen molar-refractivity contribution < 1.29 is 9.90 Å². The molecule has 0 amide bonds. The minimum atomic E-state index is -0.680. The average molecular weight is 205 g/mol. The molecule has 0 radical (unpaired) electrons. The molecular weight excluding hydrogens is 190 g/mol. The summed E-state index contributed by atoms with van der Waals surface area (Å²) in [6.45, 7) is 2.82. The fraction of sp³-hybridized carbons (Fsp3) is 0.417. The summed E-state index contributed by atoms with van der Waals surface area (Å²) in [4.78, 5) is 13.1. The van der Waals surface area contributed by atoms with Gasteiger partial charge in [-0.15, -0.1) is 0 Å². The van der Waals surface area contributed by atoms with E-state index in [4.69, 9.17) is 5.11 Å². The molecule has 1 N–H and O–H groups in total. The molecule has 3 nitrogen and oxygen atoms in total. The highest BCUT2D eigenvalue weighted by Gasteiger charge is 2.35. The molecule has 1 fully saturated rings. The zero-order chi connectivity index (χ0) is 10.8. The number of hydrogen-bond acceptors (Lipinski definition) is 2. The first-order valence-electron chi connectivity index (χ1n) is 5.24. The van der Waals surface area contributed by atoms with Gasteiger partial charge in [-0.05, 0) is 25.5 Å². The largest absolute Gasteiger partial charge is 0.481 e. The van der Waals surface area contributed by atoms with Crippen LogP contribution in [0, 0.1) is 5.92 Å². The van der Waals surface area contributed by atoms with Gasteiger partial charge in [0.1, 0.15) is 0 Å². The molecule has 2 rings (SSSR count). The van der Waals surface area contributed by atoms with Gasteiger partial charge < -0.3 is 10.0 Å². The number of benzene rings is 1. The first-order valence-corrected chi connectivity index (χ1v) is 5.24. The smallest absolute Gasteiger partial charge is 0.308 e. The SMILES string of the molecule is CC1C(C(=O)O)CCN1c1ccccc1. The maximum absolute atomic E-state index is 11.0. The van der Waals surface area contributed by atoms with Crippen LogP contribution in [-0.2, 0) is 4.79 Å². The van der Waals surface area contributed by atoms with Gasteiger partial charge in [-0.25, -0.2) is 0 Å². The molecule has 1 aliphatic heterocycles. The molecule has 0 spiro atoms. The summed E-state index contributed by atoms with van der Waals surface area (Å²) in [5, 5.41) is 9.02. The van der Waals surface area contributed by atoms with E-state index in [9.17, 15) is 4.79 Å². The van der Waals surface area contributed by atoms with E-state index in [1.807, 2.05) is 37.3 Å². The fourth-order valence-corrected chi connectivity index (χ4v) is 2.25. The number of aliphatic carboxylic acids is 1. The van der Waals surface area contributed by atoms with Gasteiger partial charge in [0.25, 0.3) is 0 Å². The number of carbonyl (C=O) groups is 1. The molecular formula is C12H15NO2. The van der Waals surface area contributed by atoms with Crippen molar-refractivity contribution in [2.24, 2.45) is 5.92 Å². The third kappa shape index (κ3) is 1.82. The molecule has 2 atom stereocenters. The number of nitrogens with zero attached hydrogens (tertiary/aromatic N) is 1. The highest BCUT2D eigenvalue weighted by molar-refractivity contribution is 5.73. The van der Waals surface area contributed by atoms with Crippen molar-refractivity contribution >= 4 is 11.7 Å². The van der Waals surface area contributed by atoms with E-state index in [1.54, 1.807) is 0 Å². The topological polar surface area (TPSA) is 40.5 Å². The van der Waals surface area contributed by atoms with Crippen LogP contribution in [0.25, 0.3) is 0 Å². The van der Waals surface area contributed by atoms with E-state index in [1.165, 1.54) is 0 Å². The van der Waals surface area contributed by atoms with Gasteiger partial charge in [-0.2, -0.15) is 0 Å². The van der Waals surface area contributed by atoms with E-state index in [0.717, 1.165) is 18.7 Å². The summed E-state index contributed by atoms with van der Waals surface area (Å²) < 4.78 is 0. The van der Waals surface area contributed by atoms with Crippen molar-refractivity contribution in [3.8, 4) is 0 Å². The molecule has 2 unspecified atom stereocenters. The Hall–Kier alpha value is -1.51. The molecule has 1 aliphatic rings. The minimum absolute atomic E-state index is 0.0879.